The van der Waals surface area contributed by atoms with Gasteiger partial charge in [-0.15, -0.1) is 0 Å². The Bertz CT molecular complexity index is 575. The fourth-order valence-electron chi connectivity index (χ4n) is 2.23. The number of hydrogen-bond donors (Lipinski definition) is 1. The van der Waals surface area contributed by atoms with Crippen LogP contribution in [0.3, 0.4) is 0 Å². The number of rotatable bonds is 5. The summed E-state index contributed by atoms with van der Waals surface area (Å²) in [5, 5.41) is 0. The molecule has 0 aliphatic rings. The summed E-state index contributed by atoms with van der Waals surface area (Å²) in [5.74, 6) is 1.28. The molecule has 0 bridgehead atoms. The molecule has 4 heteroatoms. The molecule has 2 aromatic rings. The normalized spacial score (nSPS) is 12.7. The SMILES string of the molecule is COc1cc(C)nc(Cn2ccc(C(N)C(C)C)c2)c1. The van der Waals surface area contributed by atoms with Crippen molar-refractivity contribution in [1.29, 1.82) is 0 Å². The first kappa shape index (κ1) is 14.6. The number of pyridine rings is 1. The van der Waals surface area contributed by atoms with Crippen LogP contribution in [0.1, 0.15) is 36.8 Å². The Morgan fingerprint density at radius 2 is 2.10 bits per heavy atom. The minimum absolute atomic E-state index is 0.0799. The summed E-state index contributed by atoms with van der Waals surface area (Å²) in [7, 11) is 1.67. The Labute approximate surface area is 120 Å². The van der Waals surface area contributed by atoms with Gasteiger partial charge in [0.25, 0.3) is 0 Å². The number of nitrogens with zero attached hydrogens (tertiary/aromatic N) is 2. The molecule has 0 amide bonds. The first-order valence-corrected chi connectivity index (χ1v) is 6.92. The summed E-state index contributed by atoms with van der Waals surface area (Å²) in [6, 6.07) is 6.06. The van der Waals surface area contributed by atoms with Crippen LogP contribution in [0.25, 0.3) is 0 Å². The van der Waals surface area contributed by atoms with Gasteiger partial charge >= 0.3 is 0 Å². The highest BCUT2D eigenvalue weighted by Crippen LogP contribution is 2.20. The lowest BCUT2D eigenvalue weighted by Crippen LogP contribution is -2.16. The predicted octanol–water partition coefficient (Wildman–Crippen LogP) is 2.90. The van der Waals surface area contributed by atoms with Gasteiger partial charge in [-0.3, -0.25) is 4.98 Å². The number of methoxy groups -OCH3 is 1. The largest absolute Gasteiger partial charge is 0.497 e. The molecule has 0 aliphatic heterocycles. The third kappa shape index (κ3) is 3.39. The third-order valence-electron chi connectivity index (χ3n) is 3.44. The summed E-state index contributed by atoms with van der Waals surface area (Å²) in [6.07, 6.45) is 4.15. The Morgan fingerprint density at radius 1 is 1.35 bits per heavy atom. The minimum Gasteiger partial charge on any atom is -0.497 e. The standard InChI is InChI=1S/C16H23N3O/c1-11(2)16(17)13-5-6-19(9-13)10-14-8-15(20-4)7-12(3)18-14/h5-9,11,16H,10,17H2,1-4H3. The van der Waals surface area contributed by atoms with Crippen LogP contribution in [-0.2, 0) is 6.54 Å². The highest BCUT2D eigenvalue weighted by Gasteiger charge is 2.11. The van der Waals surface area contributed by atoms with Crippen molar-refractivity contribution in [2.24, 2.45) is 11.7 Å². The monoisotopic (exact) mass is 273 g/mol. The fourth-order valence-corrected chi connectivity index (χ4v) is 2.23. The van der Waals surface area contributed by atoms with Crippen LogP contribution in [0, 0.1) is 12.8 Å². The maximum absolute atomic E-state index is 6.17. The van der Waals surface area contributed by atoms with Crippen LogP contribution in [0.4, 0.5) is 0 Å². The molecule has 0 saturated carbocycles. The minimum atomic E-state index is 0.0799. The van der Waals surface area contributed by atoms with E-state index in [4.69, 9.17) is 10.5 Å². The zero-order valence-corrected chi connectivity index (χ0v) is 12.6. The molecule has 2 N–H and O–H groups in total. The first-order chi connectivity index (χ1) is 9.49. The van der Waals surface area contributed by atoms with Crippen LogP contribution in [-0.4, -0.2) is 16.7 Å². The van der Waals surface area contributed by atoms with E-state index in [1.165, 1.54) is 5.56 Å². The van der Waals surface area contributed by atoms with Crippen LogP contribution < -0.4 is 10.5 Å². The molecular formula is C16H23N3O. The summed E-state index contributed by atoms with van der Waals surface area (Å²) >= 11 is 0. The Morgan fingerprint density at radius 3 is 2.75 bits per heavy atom. The van der Waals surface area contributed by atoms with E-state index in [1.54, 1.807) is 7.11 Å². The summed E-state index contributed by atoms with van der Waals surface area (Å²) in [5.41, 5.74) is 9.28. The second kappa shape index (κ2) is 6.09. The number of nitrogens with two attached hydrogens (primary N) is 1. The number of hydrogen-bond acceptors (Lipinski definition) is 3. The van der Waals surface area contributed by atoms with Crippen molar-refractivity contribution in [3.63, 3.8) is 0 Å². The van der Waals surface area contributed by atoms with E-state index in [1.807, 2.05) is 25.3 Å². The average molecular weight is 273 g/mol. The second-order valence-corrected chi connectivity index (χ2v) is 5.53. The van der Waals surface area contributed by atoms with Crippen LogP contribution in [0.2, 0.25) is 0 Å². The molecule has 0 radical (unpaired) electrons. The maximum atomic E-state index is 6.17. The topological polar surface area (TPSA) is 53.1 Å². The molecule has 0 spiro atoms. The van der Waals surface area contributed by atoms with Crippen molar-refractivity contribution < 1.29 is 4.74 Å². The van der Waals surface area contributed by atoms with Gasteiger partial charge in [0.2, 0.25) is 0 Å². The second-order valence-electron chi connectivity index (χ2n) is 5.53. The quantitative estimate of drug-likeness (QED) is 0.911. The Balaban J connectivity index is 2.16. The number of aromatic nitrogens is 2. The van der Waals surface area contributed by atoms with Gasteiger partial charge in [0.05, 0.1) is 19.3 Å². The van der Waals surface area contributed by atoms with Gasteiger partial charge in [-0.1, -0.05) is 13.8 Å². The summed E-state index contributed by atoms with van der Waals surface area (Å²) in [4.78, 5) is 4.53. The van der Waals surface area contributed by atoms with Crippen LogP contribution >= 0.6 is 0 Å². The van der Waals surface area contributed by atoms with E-state index in [2.05, 4.69) is 35.7 Å². The van der Waals surface area contributed by atoms with E-state index in [-0.39, 0.29) is 6.04 Å². The van der Waals surface area contributed by atoms with Crippen molar-refractivity contribution in [2.75, 3.05) is 7.11 Å². The molecule has 20 heavy (non-hydrogen) atoms. The zero-order valence-electron chi connectivity index (χ0n) is 12.6. The van der Waals surface area contributed by atoms with Gasteiger partial charge in [0, 0.05) is 36.3 Å². The van der Waals surface area contributed by atoms with Gasteiger partial charge < -0.3 is 15.0 Å². The Kier molecular flexibility index (Phi) is 4.45. The van der Waals surface area contributed by atoms with Crippen LogP contribution in [0.15, 0.2) is 30.6 Å². The van der Waals surface area contributed by atoms with Crippen molar-refractivity contribution >= 4 is 0 Å². The first-order valence-electron chi connectivity index (χ1n) is 6.92. The average Bonchev–Trinajstić information content (AvgIpc) is 2.85. The number of aryl methyl sites for hydroxylation is 1. The van der Waals surface area contributed by atoms with Crippen LogP contribution in [0.5, 0.6) is 5.75 Å². The van der Waals surface area contributed by atoms with Gasteiger partial charge in [-0.25, -0.2) is 0 Å². The van der Waals surface area contributed by atoms with Crippen molar-refractivity contribution in [3.05, 3.63) is 47.5 Å². The van der Waals surface area contributed by atoms with Gasteiger partial charge in [-0.2, -0.15) is 0 Å². The molecule has 0 aromatic carbocycles. The predicted molar refractivity (Wildman–Crippen MR) is 80.8 cm³/mol. The lowest BCUT2D eigenvalue weighted by molar-refractivity contribution is 0.413. The van der Waals surface area contributed by atoms with E-state index in [0.717, 1.165) is 23.7 Å². The van der Waals surface area contributed by atoms with E-state index < -0.39 is 0 Å². The molecule has 2 heterocycles. The maximum Gasteiger partial charge on any atom is 0.122 e. The lowest BCUT2D eigenvalue weighted by atomic mass is 10.00. The molecule has 2 aromatic heterocycles. The van der Waals surface area contributed by atoms with E-state index in [0.29, 0.717) is 5.92 Å². The molecule has 1 atom stereocenters. The summed E-state index contributed by atoms with van der Waals surface area (Å²) in [6.45, 7) is 6.97. The van der Waals surface area contributed by atoms with Gasteiger partial charge in [-0.05, 0) is 24.5 Å². The number of ether oxygens (including phenoxy) is 1. The molecule has 0 aliphatic carbocycles. The molecule has 108 valence electrons. The highest BCUT2D eigenvalue weighted by atomic mass is 16.5. The lowest BCUT2D eigenvalue weighted by Gasteiger charge is -2.13. The molecule has 0 saturated heterocycles. The van der Waals surface area contributed by atoms with Crippen molar-refractivity contribution in [2.45, 2.75) is 33.4 Å². The van der Waals surface area contributed by atoms with Crippen molar-refractivity contribution in [3.8, 4) is 5.75 Å². The summed E-state index contributed by atoms with van der Waals surface area (Å²) < 4.78 is 7.39. The molecular weight excluding hydrogens is 250 g/mol. The van der Waals surface area contributed by atoms with E-state index >= 15 is 0 Å². The highest BCUT2D eigenvalue weighted by molar-refractivity contribution is 5.27. The third-order valence-corrected chi connectivity index (χ3v) is 3.44. The molecule has 0 fully saturated rings. The molecule has 4 nitrogen and oxygen atoms in total. The molecule has 1 unspecified atom stereocenters. The smallest absolute Gasteiger partial charge is 0.122 e. The van der Waals surface area contributed by atoms with Gasteiger partial charge in [0.15, 0.2) is 0 Å². The molecule has 2 rings (SSSR count). The Hall–Kier alpha value is -1.81. The fraction of sp³-hybridized carbons (Fsp3) is 0.438. The zero-order chi connectivity index (χ0) is 14.7. The van der Waals surface area contributed by atoms with Crippen molar-refractivity contribution in [1.82, 2.24) is 9.55 Å². The van der Waals surface area contributed by atoms with Gasteiger partial charge in [0.1, 0.15) is 5.75 Å². The van der Waals surface area contributed by atoms with E-state index in [9.17, 15) is 0 Å².